The van der Waals surface area contributed by atoms with Crippen molar-refractivity contribution in [2.45, 2.75) is 23.4 Å². The first-order valence-electron chi connectivity index (χ1n) is 6.40. The summed E-state index contributed by atoms with van der Waals surface area (Å²) in [5.74, 6) is -0.906. The molecule has 1 fully saturated rings. The Bertz CT molecular complexity index is 642. The number of piperidine rings is 1. The van der Waals surface area contributed by atoms with Crippen molar-refractivity contribution in [3.05, 3.63) is 24.1 Å². The highest BCUT2D eigenvalue weighted by atomic mass is 32.2. The van der Waals surface area contributed by atoms with E-state index in [4.69, 9.17) is 18.0 Å². The average Bonchev–Trinajstić information content (AvgIpc) is 2.41. The van der Waals surface area contributed by atoms with E-state index in [0.29, 0.717) is 25.9 Å². The molecule has 116 valence electrons. The van der Waals surface area contributed by atoms with Crippen LogP contribution in [0.15, 0.2) is 23.4 Å². The van der Waals surface area contributed by atoms with E-state index in [-0.39, 0.29) is 4.99 Å². The van der Waals surface area contributed by atoms with E-state index in [1.54, 1.807) is 0 Å². The fraction of sp³-hybridized carbons (Fsp3) is 0.500. The lowest BCUT2D eigenvalue weighted by molar-refractivity contribution is 0.220. The van der Waals surface area contributed by atoms with Crippen LogP contribution in [0.3, 0.4) is 0 Å². The topological polar surface area (TPSA) is 88.3 Å². The van der Waals surface area contributed by atoms with Gasteiger partial charge >= 0.3 is 0 Å². The summed E-state index contributed by atoms with van der Waals surface area (Å²) in [5.41, 5.74) is 4.71. The molecule has 0 aromatic carbocycles. The van der Waals surface area contributed by atoms with Crippen molar-refractivity contribution in [3.63, 3.8) is 0 Å². The second kappa shape index (κ2) is 5.91. The summed E-state index contributed by atoms with van der Waals surface area (Å²) in [6, 6.07) is 2.37. The van der Waals surface area contributed by atoms with Gasteiger partial charge in [0.1, 0.15) is 0 Å². The van der Waals surface area contributed by atoms with E-state index in [1.165, 1.54) is 12.3 Å². The Morgan fingerprint density at radius 3 is 2.67 bits per heavy atom. The molecule has 2 rings (SSSR count). The number of likely N-dealkylation sites (tertiary alicyclic amines) is 1. The fourth-order valence-corrected chi connectivity index (χ4v) is 4.04. The summed E-state index contributed by atoms with van der Waals surface area (Å²) in [6.45, 7) is 1.29. The second-order valence-corrected chi connectivity index (χ2v) is 7.18. The first-order valence-corrected chi connectivity index (χ1v) is 8.29. The molecular formula is C12H17FN4O2S2. The summed E-state index contributed by atoms with van der Waals surface area (Å²) in [7, 11) is -2.21. The Morgan fingerprint density at radius 2 is 2.14 bits per heavy atom. The summed E-state index contributed by atoms with van der Waals surface area (Å²) >= 11 is 5.04. The Morgan fingerprint density at radius 1 is 1.52 bits per heavy atom. The summed E-state index contributed by atoms with van der Waals surface area (Å²) < 4.78 is 40.9. The third-order valence-electron chi connectivity index (χ3n) is 3.62. The maximum absolute atomic E-state index is 13.7. The number of nitrogens with zero attached hydrogens (tertiary/aromatic N) is 2. The molecule has 0 saturated carbocycles. The summed E-state index contributed by atoms with van der Waals surface area (Å²) in [5, 5.41) is -0.639. The van der Waals surface area contributed by atoms with Crippen molar-refractivity contribution < 1.29 is 12.8 Å². The molecule has 1 aromatic rings. The van der Waals surface area contributed by atoms with Crippen LogP contribution in [-0.2, 0) is 10.0 Å². The van der Waals surface area contributed by atoms with Gasteiger partial charge in [-0.1, -0.05) is 12.2 Å². The van der Waals surface area contributed by atoms with E-state index < -0.39 is 26.4 Å². The number of rotatable bonds is 4. The van der Waals surface area contributed by atoms with Crippen molar-refractivity contribution >= 4 is 27.2 Å². The number of sulfonamides is 1. The number of hydrogen-bond acceptors (Lipinski definition) is 5. The minimum absolute atomic E-state index is 0.0653. The standard InChI is InChI=1S/C12H17FN4O2S2/c1-17-7-4-12(5-8-17,11(14)20)16-21(18,19)10-9(13)3-2-6-15-10/h2-3,6,16H,4-5,7-8H2,1H3,(H2,14,20). The molecule has 0 amide bonds. The summed E-state index contributed by atoms with van der Waals surface area (Å²) in [4.78, 5) is 5.71. The highest BCUT2D eigenvalue weighted by molar-refractivity contribution is 7.89. The zero-order chi connectivity index (χ0) is 15.7. The van der Waals surface area contributed by atoms with E-state index in [0.717, 1.165) is 6.07 Å². The van der Waals surface area contributed by atoms with Gasteiger partial charge < -0.3 is 10.6 Å². The fourth-order valence-electron chi connectivity index (χ4n) is 2.27. The number of aromatic nitrogens is 1. The van der Waals surface area contributed by atoms with Crippen molar-refractivity contribution in [1.82, 2.24) is 14.6 Å². The molecule has 0 unspecified atom stereocenters. The van der Waals surface area contributed by atoms with Crippen LogP contribution < -0.4 is 10.5 Å². The zero-order valence-electron chi connectivity index (χ0n) is 11.5. The first kappa shape index (κ1) is 16.2. The minimum Gasteiger partial charge on any atom is -0.392 e. The lowest BCUT2D eigenvalue weighted by Crippen LogP contribution is -2.61. The number of hydrogen-bond donors (Lipinski definition) is 2. The van der Waals surface area contributed by atoms with Crippen LogP contribution >= 0.6 is 12.2 Å². The van der Waals surface area contributed by atoms with Gasteiger partial charge in [-0.25, -0.2) is 17.8 Å². The van der Waals surface area contributed by atoms with Gasteiger partial charge in [-0.3, -0.25) is 0 Å². The predicted molar refractivity (Wildman–Crippen MR) is 80.8 cm³/mol. The Labute approximate surface area is 128 Å². The van der Waals surface area contributed by atoms with Crippen LogP contribution in [0.1, 0.15) is 12.8 Å². The average molecular weight is 332 g/mol. The SMILES string of the molecule is CN1CCC(NS(=O)(=O)c2ncccc2F)(C(N)=S)CC1. The molecule has 1 aliphatic rings. The minimum atomic E-state index is -4.13. The number of thiocarbonyl (C=S) groups is 1. The molecule has 9 heteroatoms. The second-order valence-electron chi connectivity index (χ2n) is 5.15. The van der Waals surface area contributed by atoms with Gasteiger partial charge in [0.25, 0.3) is 10.0 Å². The number of pyridine rings is 1. The highest BCUT2D eigenvalue weighted by Crippen LogP contribution is 2.25. The zero-order valence-corrected chi connectivity index (χ0v) is 13.2. The highest BCUT2D eigenvalue weighted by Gasteiger charge is 2.41. The van der Waals surface area contributed by atoms with Crippen molar-refractivity contribution in [2.24, 2.45) is 5.73 Å². The Kier molecular flexibility index (Phi) is 4.57. The monoisotopic (exact) mass is 332 g/mol. The molecule has 0 aliphatic carbocycles. The molecule has 3 N–H and O–H groups in total. The van der Waals surface area contributed by atoms with E-state index in [1.807, 2.05) is 11.9 Å². The molecule has 0 radical (unpaired) electrons. The molecule has 1 saturated heterocycles. The lowest BCUT2D eigenvalue weighted by atomic mass is 9.89. The smallest absolute Gasteiger partial charge is 0.261 e. The predicted octanol–water partition coefficient (Wildman–Crippen LogP) is 0.250. The molecule has 6 nitrogen and oxygen atoms in total. The van der Waals surface area contributed by atoms with Gasteiger partial charge in [-0.2, -0.15) is 4.72 Å². The normalized spacial score (nSPS) is 19.3. The molecule has 1 aliphatic heterocycles. The summed E-state index contributed by atoms with van der Waals surface area (Å²) in [6.07, 6.45) is 2.10. The molecule has 21 heavy (non-hydrogen) atoms. The van der Waals surface area contributed by atoms with Gasteiger partial charge in [0.15, 0.2) is 5.82 Å². The molecular weight excluding hydrogens is 315 g/mol. The van der Waals surface area contributed by atoms with Gasteiger partial charge in [0, 0.05) is 19.3 Å². The number of halogens is 1. The van der Waals surface area contributed by atoms with Gasteiger partial charge in [-0.05, 0) is 32.0 Å². The Hall–Kier alpha value is -1.16. The molecule has 1 aromatic heterocycles. The van der Waals surface area contributed by atoms with E-state index in [2.05, 4.69) is 9.71 Å². The van der Waals surface area contributed by atoms with Gasteiger partial charge in [0.05, 0.1) is 10.5 Å². The van der Waals surface area contributed by atoms with Crippen LogP contribution in [0, 0.1) is 5.82 Å². The largest absolute Gasteiger partial charge is 0.392 e. The third-order valence-corrected chi connectivity index (χ3v) is 5.48. The molecule has 0 bridgehead atoms. The maximum atomic E-state index is 13.7. The van der Waals surface area contributed by atoms with E-state index in [9.17, 15) is 12.8 Å². The quantitative estimate of drug-likeness (QED) is 0.769. The van der Waals surface area contributed by atoms with Crippen molar-refractivity contribution in [1.29, 1.82) is 0 Å². The Balaban J connectivity index is 2.33. The van der Waals surface area contributed by atoms with Gasteiger partial charge in [-0.15, -0.1) is 0 Å². The van der Waals surface area contributed by atoms with Crippen LogP contribution in [0.2, 0.25) is 0 Å². The third kappa shape index (κ3) is 3.37. The molecule has 2 heterocycles. The number of nitrogens with one attached hydrogen (secondary N) is 1. The van der Waals surface area contributed by atoms with Crippen LogP contribution in [0.5, 0.6) is 0 Å². The van der Waals surface area contributed by atoms with Gasteiger partial charge in [0.2, 0.25) is 5.03 Å². The maximum Gasteiger partial charge on any atom is 0.261 e. The van der Waals surface area contributed by atoms with Crippen molar-refractivity contribution in [3.8, 4) is 0 Å². The molecule has 0 atom stereocenters. The van der Waals surface area contributed by atoms with Crippen molar-refractivity contribution in [2.75, 3.05) is 20.1 Å². The number of nitrogens with two attached hydrogens (primary N) is 1. The molecule has 0 spiro atoms. The lowest BCUT2D eigenvalue weighted by Gasteiger charge is -2.39. The van der Waals surface area contributed by atoms with Crippen LogP contribution in [0.25, 0.3) is 0 Å². The first-order chi connectivity index (χ1) is 9.77. The van der Waals surface area contributed by atoms with Crippen LogP contribution in [0.4, 0.5) is 4.39 Å². The van der Waals surface area contributed by atoms with E-state index >= 15 is 0 Å². The van der Waals surface area contributed by atoms with Crippen LogP contribution in [-0.4, -0.2) is 49.0 Å².